The Balaban J connectivity index is 1.77. The van der Waals surface area contributed by atoms with Crippen LogP contribution in [0.15, 0.2) is 42.5 Å². The molecule has 0 bridgehead atoms. The molecule has 0 aliphatic carbocycles. The van der Waals surface area contributed by atoms with Crippen LogP contribution in [0.4, 0.5) is 29.3 Å². The van der Waals surface area contributed by atoms with E-state index in [4.69, 9.17) is 0 Å². The van der Waals surface area contributed by atoms with Gasteiger partial charge in [0.15, 0.2) is 0 Å². The fourth-order valence-corrected chi connectivity index (χ4v) is 2.96. The van der Waals surface area contributed by atoms with Crippen molar-refractivity contribution in [3.63, 3.8) is 0 Å². The SMILES string of the molecule is CN(C)c1ccc(C(F)(F)F)cc1NC(=O)c1ccc(CN2C(=O)CNC2=O)cc1. The number of rotatable bonds is 5. The van der Waals surface area contributed by atoms with E-state index >= 15 is 0 Å². The van der Waals surface area contributed by atoms with E-state index < -0.39 is 23.7 Å². The number of nitrogens with zero attached hydrogens (tertiary/aromatic N) is 2. The van der Waals surface area contributed by atoms with Crippen molar-refractivity contribution in [3.05, 3.63) is 59.2 Å². The van der Waals surface area contributed by atoms with Gasteiger partial charge >= 0.3 is 12.2 Å². The minimum absolute atomic E-state index is 0.0308. The van der Waals surface area contributed by atoms with E-state index in [1.807, 2.05) is 0 Å². The van der Waals surface area contributed by atoms with Gasteiger partial charge in [-0.15, -0.1) is 0 Å². The van der Waals surface area contributed by atoms with Crippen LogP contribution in [-0.4, -0.2) is 43.4 Å². The minimum Gasteiger partial charge on any atom is -0.376 e. The van der Waals surface area contributed by atoms with Crippen molar-refractivity contribution in [1.29, 1.82) is 0 Å². The van der Waals surface area contributed by atoms with Gasteiger partial charge in [0.25, 0.3) is 5.91 Å². The standard InChI is InChI=1S/C20H19F3N4O3/c1-26(2)16-8-7-14(20(21,22)23)9-15(16)25-18(29)13-5-3-12(4-6-13)11-27-17(28)10-24-19(27)30/h3-9H,10-11H2,1-2H3,(H,24,30)(H,25,29). The van der Waals surface area contributed by atoms with Gasteiger partial charge in [-0.05, 0) is 35.9 Å². The highest BCUT2D eigenvalue weighted by atomic mass is 19.4. The maximum atomic E-state index is 13.0. The first-order chi connectivity index (χ1) is 14.1. The maximum absolute atomic E-state index is 13.0. The predicted octanol–water partition coefficient (Wildman–Crippen LogP) is 3.08. The van der Waals surface area contributed by atoms with Crippen LogP contribution in [0.3, 0.4) is 0 Å². The molecule has 30 heavy (non-hydrogen) atoms. The van der Waals surface area contributed by atoms with Gasteiger partial charge in [-0.1, -0.05) is 12.1 Å². The summed E-state index contributed by atoms with van der Waals surface area (Å²) in [7, 11) is 3.31. The highest BCUT2D eigenvalue weighted by molar-refractivity contribution is 6.06. The van der Waals surface area contributed by atoms with E-state index in [9.17, 15) is 27.6 Å². The van der Waals surface area contributed by atoms with E-state index in [0.29, 0.717) is 11.3 Å². The number of carbonyl (C=O) groups is 3. The molecule has 158 valence electrons. The lowest BCUT2D eigenvalue weighted by Crippen LogP contribution is -2.30. The molecular weight excluding hydrogens is 401 g/mol. The molecule has 1 aliphatic heterocycles. The van der Waals surface area contributed by atoms with Crippen molar-refractivity contribution in [2.24, 2.45) is 0 Å². The number of alkyl halides is 3. The molecule has 1 aliphatic rings. The Bertz CT molecular complexity index is 972. The molecule has 0 atom stereocenters. The zero-order chi connectivity index (χ0) is 22.1. The summed E-state index contributed by atoms with van der Waals surface area (Å²) < 4.78 is 39.1. The summed E-state index contributed by atoms with van der Waals surface area (Å²) in [6, 6.07) is 8.76. The molecule has 0 aromatic heterocycles. The lowest BCUT2D eigenvalue weighted by molar-refractivity contribution is -0.137. The summed E-state index contributed by atoms with van der Waals surface area (Å²) in [5, 5.41) is 4.93. The van der Waals surface area contributed by atoms with Gasteiger partial charge in [0.05, 0.1) is 30.0 Å². The summed E-state index contributed by atoms with van der Waals surface area (Å²) in [5.41, 5.74) is 0.435. The van der Waals surface area contributed by atoms with Crippen LogP contribution in [0.25, 0.3) is 0 Å². The highest BCUT2D eigenvalue weighted by Crippen LogP contribution is 2.35. The third-order valence-corrected chi connectivity index (χ3v) is 4.55. The number of amides is 4. The van der Waals surface area contributed by atoms with Gasteiger partial charge in [0, 0.05) is 19.7 Å². The molecule has 7 nitrogen and oxygen atoms in total. The average molecular weight is 420 g/mol. The molecule has 1 heterocycles. The van der Waals surface area contributed by atoms with Crippen LogP contribution in [0.5, 0.6) is 0 Å². The van der Waals surface area contributed by atoms with Crippen molar-refractivity contribution >= 4 is 29.2 Å². The fraction of sp³-hybridized carbons (Fsp3) is 0.250. The molecule has 10 heteroatoms. The molecule has 2 aromatic rings. The number of hydrogen-bond donors (Lipinski definition) is 2. The smallest absolute Gasteiger partial charge is 0.376 e. The minimum atomic E-state index is -4.54. The molecule has 0 unspecified atom stereocenters. The predicted molar refractivity (Wildman–Crippen MR) is 104 cm³/mol. The van der Waals surface area contributed by atoms with Crippen LogP contribution < -0.4 is 15.5 Å². The molecule has 0 spiro atoms. The number of urea groups is 1. The van der Waals surface area contributed by atoms with Crippen LogP contribution in [0.1, 0.15) is 21.5 Å². The van der Waals surface area contributed by atoms with Gasteiger partial charge in [-0.25, -0.2) is 4.79 Å². The van der Waals surface area contributed by atoms with E-state index in [2.05, 4.69) is 10.6 Å². The van der Waals surface area contributed by atoms with Crippen LogP contribution in [0, 0.1) is 0 Å². The van der Waals surface area contributed by atoms with Crippen molar-refractivity contribution in [3.8, 4) is 0 Å². The third-order valence-electron chi connectivity index (χ3n) is 4.55. The van der Waals surface area contributed by atoms with Crippen molar-refractivity contribution in [2.75, 3.05) is 30.9 Å². The van der Waals surface area contributed by atoms with Crippen molar-refractivity contribution in [2.45, 2.75) is 12.7 Å². The molecule has 0 saturated carbocycles. The molecule has 4 amide bonds. The lowest BCUT2D eigenvalue weighted by atomic mass is 10.1. The van der Waals surface area contributed by atoms with Gasteiger partial charge < -0.3 is 15.5 Å². The fourth-order valence-electron chi connectivity index (χ4n) is 2.96. The van der Waals surface area contributed by atoms with E-state index in [1.165, 1.54) is 18.2 Å². The monoisotopic (exact) mass is 420 g/mol. The third kappa shape index (κ3) is 4.53. The molecule has 0 radical (unpaired) electrons. The van der Waals surface area contributed by atoms with E-state index in [1.54, 1.807) is 31.1 Å². The molecule has 3 rings (SSSR count). The van der Waals surface area contributed by atoms with Gasteiger partial charge in [-0.2, -0.15) is 13.2 Å². The first kappa shape index (κ1) is 21.2. The second-order valence-electron chi connectivity index (χ2n) is 6.91. The largest absolute Gasteiger partial charge is 0.416 e. The van der Waals surface area contributed by atoms with Gasteiger partial charge in [0.2, 0.25) is 5.91 Å². The topological polar surface area (TPSA) is 81.8 Å². The number of nitrogens with one attached hydrogen (secondary N) is 2. The lowest BCUT2D eigenvalue weighted by Gasteiger charge is -2.20. The second kappa shape index (κ2) is 8.05. The maximum Gasteiger partial charge on any atom is 0.416 e. The normalized spacial score (nSPS) is 14.0. The Kier molecular flexibility index (Phi) is 5.68. The molecule has 2 N–H and O–H groups in total. The Morgan fingerprint density at radius 2 is 1.80 bits per heavy atom. The number of anilines is 2. The summed E-state index contributed by atoms with van der Waals surface area (Å²) >= 11 is 0. The number of carbonyl (C=O) groups excluding carboxylic acids is 3. The second-order valence-corrected chi connectivity index (χ2v) is 6.91. The first-order valence-corrected chi connectivity index (χ1v) is 8.93. The summed E-state index contributed by atoms with van der Waals surface area (Å²) in [6.07, 6.45) is -4.54. The van der Waals surface area contributed by atoms with Crippen molar-refractivity contribution < 1.29 is 27.6 Å². The summed E-state index contributed by atoms with van der Waals surface area (Å²) in [6.45, 7) is 0.00942. The Hall–Kier alpha value is -3.56. The summed E-state index contributed by atoms with van der Waals surface area (Å²) in [5.74, 6) is -0.929. The number of hydrogen-bond acceptors (Lipinski definition) is 4. The van der Waals surface area contributed by atoms with Gasteiger partial charge in [0.1, 0.15) is 0 Å². The molecular formula is C20H19F3N4O3. The molecule has 1 saturated heterocycles. The Morgan fingerprint density at radius 3 is 2.33 bits per heavy atom. The average Bonchev–Trinajstić information content (AvgIpc) is 2.99. The van der Waals surface area contributed by atoms with Crippen LogP contribution >= 0.6 is 0 Å². The number of imide groups is 1. The quantitative estimate of drug-likeness (QED) is 0.729. The van der Waals surface area contributed by atoms with E-state index in [0.717, 1.165) is 17.0 Å². The van der Waals surface area contributed by atoms with Crippen LogP contribution in [0.2, 0.25) is 0 Å². The number of halogens is 3. The first-order valence-electron chi connectivity index (χ1n) is 8.93. The zero-order valence-corrected chi connectivity index (χ0v) is 16.2. The Labute approximate surface area is 170 Å². The zero-order valence-electron chi connectivity index (χ0n) is 16.2. The Morgan fingerprint density at radius 1 is 1.13 bits per heavy atom. The number of benzene rings is 2. The van der Waals surface area contributed by atoms with Crippen molar-refractivity contribution in [1.82, 2.24) is 10.2 Å². The molecule has 2 aromatic carbocycles. The highest BCUT2D eigenvalue weighted by Gasteiger charge is 2.31. The van der Waals surface area contributed by atoms with Gasteiger partial charge in [-0.3, -0.25) is 14.5 Å². The van der Waals surface area contributed by atoms with E-state index in [-0.39, 0.29) is 30.2 Å². The molecule has 1 fully saturated rings. The summed E-state index contributed by atoms with van der Waals surface area (Å²) in [4.78, 5) is 38.5. The van der Waals surface area contributed by atoms with Crippen LogP contribution in [-0.2, 0) is 17.5 Å².